The van der Waals surface area contributed by atoms with Crippen LogP contribution in [0.1, 0.15) is 44.1 Å². The molecule has 0 aromatic carbocycles. The van der Waals surface area contributed by atoms with E-state index in [2.05, 4.69) is 34.0 Å². The summed E-state index contributed by atoms with van der Waals surface area (Å²) in [6.07, 6.45) is 6.31. The van der Waals surface area contributed by atoms with Gasteiger partial charge < -0.3 is 5.11 Å². The van der Waals surface area contributed by atoms with Gasteiger partial charge in [-0.3, -0.25) is 9.88 Å². The third kappa shape index (κ3) is 3.76. The van der Waals surface area contributed by atoms with Crippen molar-refractivity contribution in [1.82, 2.24) is 24.9 Å². The zero-order chi connectivity index (χ0) is 16.3. The minimum absolute atomic E-state index is 0.253. The standard InChI is InChI=1S/C17H25N5O/c1-14(2)22-12-16(19-20-22)17(23)8-5-10-21(13-17)11-7-15-6-3-4-9-18-15/h3-4,6,9,12,14,23H,5,7-8,10-11,13H2,1-2H3/t17-/m1/s1. The number of nitrogens with zero attached hydrogens (tertiary/aromatic N) is 5. The van der Waals surface area contributed by atoms with Gasteiger partial charge in [0.25, 0.3) is 0 Å². The van der Waals surface area contributed by atoms with E-state index in [1.165, 1.54) is 0 Å². The van der Waals surface area contributed by atoms with Gasteiger partial charge in [0, 0.05) is 37.4 Å². The van der Waals surface area contributed by atoms with Crippen LogP contribution in [0.15, 0.2) is 30.6 Å². The van der Waals surface area contributed by atoms with Crippen LogP contribution in [-0.4, -0.2) is 49.6 Å². The van der Waals surface area contributed by atoms with Crippen molar-refractivity contribution >= 4 is 0 Å². The van der Waals surface area contributed by atoms with Crippen molar-refractivity contribution in [1.29, 1.82) is 0 Å². The number of β-amino-alcohol motifs (C(OH)–C–C–N with tert-alkyl or cyclic N) is 1. The van der Waals surface area contributed by atoms with Gasteiger partial charge in [-0.2, -0.15) is 0 Å². The van der Waals surface area contributed by atoms with Crippen molar-refractivity contribution in [3.8, 4) is 0 Å². The SMILES string of the molecule is CC(C)n1cc([C@@]2(O)CCCN(CCc3ccccn3)C2)nn1. The number of piperidine rings is 1. The summed E-state index contributed by atoms with van der Waals surface area (Å²) >= 11 is 0. The smallest absolute Gasteiger partial charge is 0.123 e. The molecule has 1 aliphatic heterocycles. The van der Waals surface area contributed by atoms with Crippen molar-refractivity contribution in [2.24, 2.45) is 0 Å². The molecule has 1 N–H and O–H groups in total. The first-order valence-corrected chi connectivity index (χ1v) is 8.34. The van der Waals surface area contributed by atoms with Gasteiger partial charge in [-0.1, -0.05) is 11.3 Å². The Balaban J connectivity index is 1.64. The molecule has 23 heavy (non-hydrogen) atoms. The monoisotopic (exact) mass is 315 g/mol. The molecule has 3 rings (SSSR count). The molecule has 2 aromatic heterocycles. The highest BCUT2D eigenvalue weighted by Gasteiger charge is 2.37. The summed E-state index contributed by atoms with van der Waals surface area (Å²) in [6.45, 7) is 6.63. The predicted molar refractivity (Wildman–Crippen MR) is 87.9 cm³/mol. The summed E-state index contributed by atoms with van der Waals surface area (Å²) in [5.41, 5.74) is 0.885. The summed E-state index contributed by atoms with van der Waals surface area (Å²) in [5.74, 6) is 0. The topological polar surface area (TPSA) is 67.1 Å². The summed E-state index contributed by atoms with van der Waals surface area (Å²) in [6, 6.07) is 6.24. The van der Waals surface area contributed by atoms with Crippen molar-refractivity contribution in [2.45, 2.75) is 44.8 Å². The molecule has 0 spiro atoms. The van der Waals surface area contributed by atoms with Gasteiger partial charge in [0.1, 0.15) is 11.3 Å². The van der Waals surface area contributed by atoms with Crippen molar-refractivity contribution in [2.75, 3.05) is 19.6 Å². The number of aliphatic hydroxyl groups is 1. The number of likely N-dealkylation sites (tertiary alicyclic amines) is 1. The molecule has 0 unspecified atom stereocenters. The van der Waals surface area contributed by atoms with E-state index in [4.69, 9.17) is 0 Å². The first kappa shape index (κ1) is 16.1. The fourth-order valence-electron chi connectivity index (χ4n) is 3.08. The van der Waals surface area contributed by atoms with Crippen molar-refractivity contribution in [3.63, 3.8) is 0 Å². The Kier molecular flexibility index (Phi) is 4.73. The second-order valence-electron chi connectivity index (χ2n) is 6.66. The Bertz CT molecular complexity index is 627. The minimum atomic E-state index is -0.893. The minimum Gasteiger partial charge on any atom is -0.382 e. The average Bonchev–Trinajstić information content (AvgIpc) is 3.05. The Morgan fingerprint density at radius 2 is 2.22 bits per heavy atom. The highest BCUT2D eigenvalue weighted by atomic mass is 16.3. The molecule has 0 aliphatic carbocycles. The van der Waals surface area contributed by atoms with E-state index in [-0.39, 0.29) is 6.04 Å². The van der Waals surface area contributed by atoms with Crippen LogP contribution in [0.4, 0.5) is 0 Å². The van der Waals surface area contributed by atoms with Crippen molar-refractivity contribution in [3.05, 3.63) is 42.0 Å². The first-order chi connectivity index (χ1) is 11.1. The molecule has 2 aromatic rings. The molecule has 1 saturated heterocycles. The van der Waals surface area contributed by atoms with Crippen LogP contribution in [0.2, 0.25) is 0 Å². The van der Waals surface area contributed by atoms with E-state index >= 15 is 0 Å². The van der Waals surface area contributed by atoms with Gasteiger partial charge >= 0.3 is 0 Å². The maximum absolute atomic E-state index is 11.0. The number of hydrogen-bond donors (Lipinski definition) is 1. The van der Waals surface area contributed by atoms with Crippen LogP contribution in [0.5, 0.6) is 0 Å². The molecule has 1 aliphatic rings. The van der Waals surface area contributed by atoms with Crippen LogP contribution < -0.4 is 0 Å². The lowest BCUT2D eigenvalue weighted by Crippen LogP contribution is -2.47. The van der Waals surface area contributed by atoms with Gasteiger partial charge in [-0.25, -0.2) is 4.68 Å². The van der Waals surface area contributed by atoms with Crippen LogP contribution in [0.25, 0.3) is 0 Å². The normalized spacial score (nSPS) is 22.6. The molecular weight excluding hydrogens is 290 g/mol. The number of aromatic nitrogens is 4. The van der Waals surface area contributed by atoms with Gasteiger partial charge in [0.15, 0.2) is 0 Å². The largest absolute Gasteiger partial charge is 0.382 e. The molecular formula is C17H25N5O. The predicted octanol–water partition coefficient (Wildman–Crippen LogP) is 1.78. The lowest BCUT2D eigenvalue weighted by atomic mass is 9.90. The summed E-state index contributed by atoms with van der Waals surface area (Å²) in [5, 5.41) is 19.4. The highest BCUT2D eigenvalue weighted by molar-refractivity contribution is 5.10. The second-order valence-corrected chi connectivity index (χ2v) is 6.66. The maximum atomic E-state index is 11.0. The van der Waals surface area contributed by atoms with Gasteiger partial charge in [-0.05, 0) is 45.4 Å². The Morgan fingerprint density at radius 3 is 2.91 bits per heavy atom. The van der Waals surface area contributed by atoms with Crippen LogP contribution in [-0.2, 0) is 12.0 Å². The molecule has 0 bridgehead atoms. The van der Waals surface area contributed by atoms with E-state index in [1.807, 2.05) is 30.6 Å². The first-order valence-electron chi connectivity index (χ1n) is 8.34. The van der Waals surface area contributed by atoms with E-state index in [1.54, 1.807) is 4.68 Å². The molecule has 0 radical (unpaired) electrons. The van der Waals surface area contributed by atoms with Crippen molar-refractivity contribution < 1.29 is 5.11 Å². The Morgan fingerprint density at radius 1 is 1.35 bits per heavy atom. The molecule has 0 amide bonds. The lowest BCUT2D eigenvalue weighted by Gasteiger charge is -2.38. The summed E-state index contributed by atoms with van der Waals surface area (Å²) < 4.78 is 1.81. The molecule has 6 heteroatoms. The molecule has 1 atom stereocenters. The Labute approximate surface area is 137 Å². The van der Waals surface area contributed by atoms with E-state index in [0.717, 1.165) is 38.0 Å². The Hall–Kier alpha value is -1.79. The quantitative estimate of drug-likeness (QED) is 0.911. The van der Waals surface area contributed by atoms with Gasteiger partial charge in [0.05, 0.1) is 6.20 Å². The number of hydrogen-bond acceptors (Lipinski definition) is 5. The average molecular weight is 315 g/mol. The molecule has 1 fully saturated rings. The fourth-order valence-corrected chi connectivity index (χ4v) is 3.08. The second kappa shape index (κ2) is 6.76. The zero-order valence-electron chi connectivity index (χ0n) is 13.9. The van der Waals surface area contributed by atoms with E-state index in [9.17, 15) is 5.11 Å². The fraction of sp³-hybridized carbons (Fsp3) is 0.588. The third-order valence-electron chi connectivity index (χ3n) is 4.48. The van der Waals surface area contributed by atoms with Crippen LogP contribution in [0.3, 0.4) is 0 Å². The lowest BCUT2D eigenvalue weighted by molar-refractivity contribution is -0.0386. The molecule has 0 saturated carbocycles. The zero-order valence-corrected chi connectivity index (χ0v) is 13.9. The number of rotatable bonds is 5. The van der Waals surface area contributed by atoms with Gasteiger partial charge in [-0.15, -0.1) is 5.10 Å². The molecule has 124 valence electrons. The highest BCUT2D eigenvalue weighted by Crippen LogP contribution is 2.30. The van der Waals surface area contributed by atoms with E-state index < -0.39 is 5.60 Å². The summed E-state index contributed by atoms with van der Waals surface area (Å²) in [7, 11) is 0. The third-order valence-corrected chi connectivity index (χ3v) is 4.48. The van der Waals surface area contributed by atoms with Crippen LogP contribution >= 0.6 is 0 Å². The van der Waals surface area contributed by atoms with Crippen LogP contribution in [0, 0.1) is 0 Å². The van der Waals surface area contributed by atoms with Gasteiger partial charge in [0.2, 0.25) is 0 Å². The molecule has 6 nitrogen and oxygen atoms in total. The maximum Gasteiger partial charge on any atom is 0.123 e. The summed E-state index contributed by atoms with van der Waals surface area (Å²) in [4.78, 5) is 6.66. The molecule has 3 heterocycles. The van der Waals surface area contributed by atoms with E-state index in [0.29, 0.717) is 12.2 Å². The number of pyridine rings is 1.